The van der Waals surface area contributed by atoms with E-state index in [9.17, 15) is 9.90 Å². The number of carbonyl (C=O) groups is 1. The number of ether oxygens (including phenoxy) is 1. The number of anilines is 2. The Bertz CT molecular complexity index is 669. The molecule has 0 aliphatic rings. The van der Waals surface area contributed by atoms with Crippen molar-refractivity contribution < 1.29 is 14.6 Å². The number of benzene rings is 1. The summed E-state index contributed by atoms with van der Waals surface area (Å²) in [5, 5.41) is 12.4. The molecule has 110 valence electrons. The van der Waals surface area contributed by atoms with Crippen molar-refractivity contribution in [2.45, 2.75) is 20.5 Å². The Morgan fingerprint density at radius 2 is 2.10 bits per heavy atom. The van der Waals surface area contributed by atoms with Crippen molar-refractivity contribution in [1.82, 2.24) is 4.98 Å². The Morgan fingerprint density at radius 3 is 2.76 bits per heavy atom. The van der Waals surface area contributed by atoms with Crippen molar-refractivity contribution in [3.05, 3.63) is 52.7 Å². The molecular formula is C16H18N2O3. The van der Waals surface area contributed by atoms with E-state index in [4.69, 9.17) is 4.74 Å². The van der Waals surface area contributed by atoms with Gasteiger partial charge >= 0.3 is 5.97 Å². The van der Waals surface area contributed by atoms with Gasteiger partial charge in [-0.2, -0.15) is 0 Å². The van der Waals surface area contributed by atoms with Gasteiger partial charge in [0.1, 0.15) is 11.4 Å². The lowest BCUT2D eigenvalue weighted by atomic mass is 10.1. The van der Waals surface area contributed by atoms with Crippen LogP contribution in [0.3, 0.4) is 0 Å². The van der Waals surface area contributed by atoms with E-state index in [1.54, 1.807) is 20.1 Å². The number of carboxylic acids is 1. The molecule has 2 aromatic rings. The fourth-order valence-electron chi connectivity index (χ4n) is 2.24. The molecule has 5 heteroatoms. The van der Waals surface area contributed by atoms with E-state index in [0.717, 1.165) is 16.9 Å². The third kappa shape index (κ3) is 3.58. The van der Waals surface area contributed by atoms with Crippen molar-refractivity contribution in [2.24, 2.45) is 0 Å². The van der Waals surface area contributed by atoms with Crippen LogP contribution in [0.2, 0.25) is 0 Å². The molecule has 2 N–H and O–H groups in total. The van der Waals surface area contributed by atoms with Gasteiger partial charge in [0, 0.05) is 18.5 Å². The monoisotopic (exact) mass is 286 g/mol. The second-order valence-electron chi connectivity index (χ2n) is 4.87. The molecule has 0 unspecified atom stereocenters. The van der Waals surface area contributed by atoms with Crippen LogP contribution >= 0.6 is 0 Å². The molecule has 0 aliphatic heterocycles. The van der Waals surface area contributed by atoms with Gasteiger partial charge in [-0.1, -0.05) is 12.1 Å². The summed E-state index contributed by atoms with van der Waals surface area (Å²) < 4.78 is 5.10. The van der Waals surface area contributed by atoms with Gasteiger partial charge < -0.3 is 15.2 Å². The van der Waals surface area contributed by atoms with Crippen LogP contribution in [-0.2, 0) is 11.3 Å². The largest absolute Gasteiger partial charge is 0.478 e. The molecule has 5 nitrogen and oxygen atoms in total. The summed E-state index contributed by atoms with van der Waals surface area (Å²) >= 11 is 0. The fourth-order valence-corrected chi connectivity index (χ4v) is 2.24. The van der Waals surface area contributed by atoms with Gasteiger partial charge in [-0.25, -0.2) is 9.78 Å². The summed E-state index contributed by atoms with van der Waals surface area (Å²) in [5.41, 5.74) is 3.43. The number of pyridine rings is 1. The van der Waals surface area contributed by atoms with Crippen LogP contribution in [0.5, 0.6) is 0 Å². The van der Waals surface area contributed by atoms with Gasteiger partial charge in [0.25, 0.3) is 0 Å². The summed E-state index contributed by atoms with van der Waals surface area (Å²) in [4.78, 5) is 15.7. The van der Waals surface area contributed by atoms with E-state index in [2.05, 4.69) is 10.3 Å². The van der Waals surface area contributed by atoms with E-state index in [0.29, 0.717) is 18.0 Å². The Balaban J connectivity index is 2.39. The zero-order valence-corrected chi connectivity index (χ0v) is 12.3. The first-order valence-electron chi connectivity index (χ1n) is 6.57. The number of methoxy groups -OCH3 is 1. The lowest BCUT2D eigenvalue weighted by Gasteiger charge is -2.12. The van der Waals surface area contributed by atoms with Crippen LogP contribution in [0.25, 0.3) is 0 Å². The van der Waals surface area contributed by atoms with E-state index in [1.165, 1.54) is 0 Å². The third-order valence-corrected chi connectivity index (χ3v) is 3.06. The number of hydrogen-bond acceptors (Lipinski definition) is 4. The molecule has 0 bridgehead atoms. The standard InChI is InChI=1S/C16H18N2O3/c1-10-7-11(2)17-15(14(10)16(19)20)18-13-6-4-5-12(8-13)9-21-3/h4-8H,9H2,1-3H3,(H,17,18)(H,19,20). The van der Waals surface area contributed by atoms with Crippen LogP contribution in [0.1, 0.15) is 27.2 Å². The van der Waals surface area contributed by atoms with Crippen molar-refractivity contribution in [3.63, 3.8) is 0 Å². The SMILES string of the molecule is COCc1cccc(Nc2nc(C)cc(C)c2C(=O)O)c1. The molecule has 0 saturated heterocycles. The van der Waals surface area contributed by atoms with Gasteiger partial charge in [-0.3, -0.25) is 0 Å². The molecule has 0 fully saturated rings. The lowest BCUT2D eigenvalue weighted by Crippen LogP contribution is -2.08. The van der Waals surface area contributed by atoms with Crippen LogP contribution in [0.15, 0.2) is 30.3 Å². The highest BCUT2D eigenvalue weighted by atomic mass is 16.5. The molecule has 0 aliphatic carbocycles. The molecule has 0 radical (unpaired) electrons. The van der Waals surface area contributed by atoms with Crippen molar-refractivity contribution >= 4 is 17.5 Å². The Hall–Kier alpha value is -2.40. The molecule has 21 heavy (non-hydrogen) atoms. The molecule has 1 heterocycles. The zero-order valence-electron chi connectivity index (χ0n) is 12.3. The molecule has 1 aromatic heterocycles. The van der Waals surface area contributed by atoms with Gasteiger partial charge in [-0.15, -0.1) is 0 Å². The number of aromatic carboxylic acids is 1. The van der Waals surface area contributed by atoms with Gasteiger partial charge in [0.05, 0.1) is 6.61 Å². The van der Waals surface area contributed by atoms with E-state index >= 15 is 0 Å². The minimum absolute atomic E-state index is 0.192. The number of hydrogen-bond donors (Lipinski definition) is 2. The molecular weight excluding hydrogens is 268 g/mol. The number of nitrogens with zero attached hydrogens (tertiary/aromatic N) is 1. The lowest BCUT2D eigenvalue weighted by molar-refractivity contribution is 0.0697. The minimum atomic E-state index is -0.990. The minimum Gasteiger partial charge on any atom is -0.478 e. The highest BCUT2D eigenvalue weighted by Gasteiger charge is 2.15. The highest BCUT2D eigenvalue weighted by Crippen LogP contribution is 2.23. The predicted octanol–water partition coefficient (Wildman–Crippen LogP) is 3.29. The van der Waals surface area contributed by atoms with E-state index < -0.39 is 5.97 Å². The quantitative estimate of drug-likeness (QED) is 0.882. The first kappa shape index (κ1) is 15.0. The van der Waals surface area contributed by atoms with Crippen molar-refractivity contribution in [3.8, 4) is 0 Å². The smallest absolute Gasteiger partial charge is 0.339 e. The van der Waals surface area contributed by atoms with Crippen LogP contribution in [0.4, 0.5) is 11.5 Å². The predicted molar refractivity (Wildman–Crippen MR) is 81.1 cm³/mol. The highest BCUT2D eigenvalue weighted by molar-refractivity contribution is 5.95. The Kier molecular flexibility index (Phi) is 4.55. The number of rotatable bonds is 5. The molecule has 0 saturated carbocycles. The summed E-state index contributed by atoms with van der Waals surface area (Å²) in [6.07, 6.45) is 0. The fraction of sp³-hybridized carbons (Fsp3) is 0.250. The van der Waals surface area contributed by atoms with Gasteiger partial charge in [-0.05, 0) is 43.2 Å². The Morgan fingerprint density at radius 1 is 1.33 bits per heavy atom. The molecule has 0 spiro atoms. The summed E-state index contributed by atoms with van der Waals surface area (Å²) in [5.74, 6) is -0.634. The average Bonchev–Trinajstić information content (AvgIpc) is 2.38. The summed E-state index contributed by atoms with van der Waals surface area (Å²) in [7, 11) is 1.63. The van der Waals surface area contributed by atoms with E-state index in [1.807, 2.05) is 31.2 Å². The number of aromatic nitrogens is 1. The average molecular weight is 286 g/mol. The maximum absolute atomic E-state index is 11.4. The van der Waals surface area contributed by atoms with Crippen molar-refractivity contribution in [1.29, 1.82) is 0 Å². The van der Waals surface area contributed by atoms with Gasteiger partial charge in [0.2, 0.25) is 0 Å². The molecule has 0 atom stereocenters. The molecule has 1 aromatic carbocycles. The summed E-state index contributed by atoms with van der Waals surface area (Å²) in [6, 6.07) is 9.37. The molecule has 2 rings (SSSR count). The van der Waals surface area contributed by atoms with Crippen LogP contribution in [0, 0.1) is 13.8 Å². The maximum Gasteiger partial charge on any atom is 0.339 e. The third-order valence-electron chi connectivity index (χ3n) is 3.06. The number of nitrogens with one attached hydrogen (secondary N) is 1. The van der Waals surface area contributed by atoms with E-state index in [-0.39, 0.29) is 5.56 Å². The molecule has 0 amide bonds. The number of carboxylic acid groups (broad SMARTS) is 1. The normalized spacial score (nSPS) is 10.4. The second kappa shape index (κ2) is 6.37. The first-order chi connectivity index (χ1) is 10.0. The number of aryl methyl sites for hydroxylation is 2. The zero-order chi connectivity index (χ0) is 15.4. The summed E-state index contributed by atoms with van der Waals surface area (Å²) in [6.45, 7) is 4.11. The van der Waals surface area contributed by atoms with Crippen LogP contribution in [-0.4, -0.2) is 23.2 Å². The Labute approximate surface area is 123 Å². The van der Waals surface area contributed by atoms with Crippen molar-refractivity contribution in [2.75, 3.05) is 12.4 Å². The first-order valence-corrected chi connectivity index (χ1v) is 6.57. The topological polar surface area (TPSA) is 71.5 Å². The maximum atomic E-state index is 11.4. The van der Waals surface area contributed by atoms with Gasteiger partial charge in [0.15, 0.2) is 0 Å². The van der Waals surface area contributed by atoms with Crippen LogP contribution < -0.4 is 5.32 Å². The second-order valence-corrected chi connectivity index (χ2v) is 4.87.